The van der Waals surface area contributed by atoms with Gasteiger partial charge in [-0.2, -0.15) is 0 Å². The normalized spacial score (nSPS) is 9.85. The van der Waals surface area contributed by atoms with E-state index in [9.17, 15) is 15.0 Å². The zero-order chi connectivity index (χ0) is 14.5. The number of phenols is 2. The molecule has 0 bridgehead atoms. The Morgan fingerprint density at radius 2 is 1.30 bits per heavy atom. The maximum Gasteiger partial charge on any atom is 0.331 e. The molecule has 0 saturated carbocycles. The van der Waals surface area contributed by atoms with Crippen molar-refractivity contribution < 1.29 is 19.7 Å². The monoisotopic (exact) mass is 270 g/mol. The zero-order valence-corrected chi connectivity index (χ0v) is 10.9. The van der Waals surface area contributed by atoms with Gasteiger partial charge in [-0.15, -0.1) is 0 Å². The Labute approximate surface area is 116 Å². The van der Waals surface area contributed by atoms with Gasteiger partial charge in [0.05, 0.1) is 7.11 Å². The predicted molar refractivity (Wildman–Crippen MR) is 75.3 cm³/mol. The van der Waals surface area contributed by atoms with Crippen molar-refractivity contribution in [2.24, 2.45) is 0 Å². The Kier molecular flexibility index (Phi) is 4.05. The fraction of sp³-hybridized carbons (Fsp3) is 0.0625. The highest BCUT2D eigenvalue weighted by Crippen LogP contribution is 2.26. The van der Waals surface area contributed by atoms with Crippen molar-refractivity contribution >= 4 is 11.5 Å². The van der Waals surface area contributed by atoms with E-state index in [4.69, 9.17) is 0 Å². The molecule has 0 aromatic heterocycles. The molecule has 2 aromatic carbocycles. The molecule has 0 heterocycles. The molecular formula is C16H14O4. The topological polar surface area (TPSA) is 66.8 Å². The van der Waals surface area contributed by atoms with Crippen LogP contribution in [0.2, 0.25) is 0 Å². The average Bonchev–Trinajstić information content (AvgIpc) is 2.46. The summed E-state index contributed by atoms with van der Waals surface area (Å²) < 4.78 is 4.66. The fourth-order valence-corrected chi connectivity index (χ4v) is 1.79. The lowest BCUT2D eigenvalue weighted by Crippen LogP contribution is -1.98. The first-order valence-electron chi connectivity index (χ1n) is 5.98. The summed E-state index contributed by atoms with van der Waals surface area (Å²) >= 11 is 0. The first-order valence-corrected chi connectivity index (χ1v) is 5.98. The lowest BCUT2D eigenvalue weighted by Gasteiger charge is -2.08. The van der Waals surface area contributed by atoms with Crippen molar-refractivity contribution in [2.75, 3.05) is 7.11 Å². The summed E-state index contributed by atoms with van der Waals surface area (Å²) in [5.74, 6) is -0.171. The van der Waals surface area contributed by atoms with Crippen LogP contribution in [-0.4, -0.2) is 23.3 Å². The number of rotatable bonds is 3. The number of ether oxygens (including phenoxy) is 1. The van der Waals surface area contributed by atoms with E-state index in [0.29, 0.717) is 5.57 Å². The van der Waals surface area contributed by atoms with Crippen LogP contribution < -0.4 is 0 Å². The van der Waals surface area contributed by atoms with Crippen LogP contribution in [0.4, 0.5) is 0 Å². The molecule has 2 rings (SSSR count). The zero-order valence-electron chi connectivity index (χ0n) is 10.9. The number of methoxy groups -OCH3 is 1. The first-order chi connectivity index (χ1) is 9.60. The molecule has 4 heteroatoms. The number of esters is 1. The van der Waals surface area contributed by atoms with Crippen molar-refractivity contribution in [3.05, 3.63) is 65.7 Å². The molecular weight excluding hydrogens is 256 g/mol. The average molecular weight is 270 g/mol. The van der Waals surface area contributed by atoms with Gasteiger partial charge in [-0.25, -0.2) is 4.79 Å². The maximum atomic E-state index is 11.5. The van der Waals surface area contributed by atoms with E-state index in [1.807, 2.05) is 0 Å². The highest BCUT2D eigenvalue weighted by molar-refractivity contribution is 5.96. The van der Waals surface area contributed by atoms with Gasteiger partial charge in [0.15, 0.2) is 0 Å². The van der Waals surface area contributed by atoms with Crippen LogP contribution in [-0.2, 0) is 9.53 Å². The van der Waals surface area contributed by atoms with Gasteiger partial charge in [0, 0.05) is 6.08 Å². The minimum absolute atomic E-state index is 0.150. The third-order valence-electron chi connectivity index (χ3n) is 2.82. The molecule has 0 spiro atoms. The standard InChI is InChI=1S/C16H14O4/c1-20-16(19)10-15(11-2-6-13(17)7-3-11)12-4-8-14(18)9-5-12/h2-10,17-18H,1H3. The van der Waals surface area contributed by atoms with Crippen molar-refractivity contribution in [3.8, 4) is 11.5 Å². The van der Waals surface area contributed by atoms with Gasteiger partial charge in [0.1, 0.15) is 11.5 Å². The molecule has 0 aliphatic heterocycles. The van der Waals surface area contributed by atoms with Gasteiger partial charge >= 0.3 is 5.97 Å². The lowest BCUT2D eigenvalue weighted by molar-refractivity contribution is -0.134. The van der Waals surface area contributed by atoms with E-state index in [-0.39, 0.29) is 11.5 Å². The number of benzene rings is 2. The Morgan fingerprint density at radius 3 is 1.65 bits per heavy atom. The second-order valence-electron chi connectivity index (χ2n) is 4.17. The van der Waals surface area contributed by atoms with Crippen LogP contribution in [0.5, 0.6) is 11.5 Å². The quantitative estimate of drug-likeness (QED) is 0.664. The summed E-state index contributed by atoms with van der Waals surface area (Å²) in [6, 6.07) is 13.0. The van der Waals surface area contributed by atoms with Crippen LogP contribution in [0.25, 0.3) is 5.57 Å². The van der Waals surface area contributed by atoms with Crippen LogP contribution in [0.1, 0.15) is 11.1 Å². The highest BCUT2D eigenvalue weighted by atomic mass is 16.5. The molecule has 2 aromatic rings. The molecule has 0 aliphatic carbocycles. The highest BCUT2D eigenvalue weighted by Gasteiger charge is 2.08. The lowest BCUT2D eigenvalue weighted by atomic mass is 9.97. The van der Waals surface area contributed by atoms with Gasteiger partial charge in [0.25, 0.3) is 0 Å². The molecule has 0 aliphatic rings. The summed E-state index contributed by atoms with van der Waals surface area (Å²) in [5, 5.41) is 18.7. The van der Waals surface area contributed by atoms with E-state index < -0.39 is 5.97 Å². The van der Waals surface area contributed by atoms with Gasteiger partial charge in [-0.1, -0.05) is 24.3 Å². The second kappa shape index (κ2) is 5.93. The van der Waals surface area contributed by atoms with Gasteiger partial charge in [0.2, 0.25) is 0 Å². The van der Waals surface area contributed by atoms with Crippen LogP contribution in [0, 0.1) is 0 Å². The summed E-state index contributed by atoms with van der Waals surface area (Å²) in [6.45, 7) is 0. The van der Waals surface area contributed by atoms with E-state index in [1.54, 1.807) is 48.5 Å². The molecule has 0 fully saturated rings. The predicted octanol–water partition coefficient (Wildman–Crippen LogP) is 2.70. The summed E-state index contributed by atoms with van der Waals surface area (Å²) in [4.78, 5) is 11.5. The second-order valence-corrected chi connectivity index (χ2v) is 4.17. The molecule has 102 valence electrons. The number of hydrogen-bond donors (Lipinski definition) is 2. The molecule has 20 heavy (non-hydrogen) atoms. The molecule has 4 nitrogen and oxygen atoms in total. The Hall–Kier alpha value is -2.75. The summed E-state index contributed by atoms with van der Waals surface area (Å²) in [6.07, 6.45) is 1.37. The van der Waals surface area contributed by atoms with E-state index in [1.165, 1.54) is 13.2 Å². The molecule has 0 radical (unpaired) electrons. The molecule has 2 N–H and O–H groups in total. The van der Waals surface area contributed by atoms with Crippen LogP contribution in [0.15, 0.2) is 54.6 Å². The van der Waals surface area contributed by atoms with Gasteiger partial charge < -0.3 is 14.9 Å². The smallest absolute Gasteiger partial charge is 0.331 e. The van der Waals surface area contributed by atoms with E-state index >= 15 is 0 Å². The molecule has 0 unspecified atom stereocenters. The minimum Gasteiger partial charge on any atom is -0.508 e. The number of carbonyl (C=O) groups excluding carboxylic acids is 1. The minimum atomic E-state index is -0.471. The number of aromatic hydroxyl groups is 2. The number of carbonyl (C=O) groups is 1. The maximum absolute atomic E-state index is 11.5. The first kappa shape index (κ1) is 13.7. The van der Waals surface area contributed by atoms with Crippen molar-refractivity contribution in [1.82, 2.24) is 0 Å². The Balaban J connectivity index is 2.50. The summed E-state index contributed by atoms with van der Waals surface area (Å²) in [7, 11) is 1.31. The van der Waals surface area contributed by atoms with Crippen molar-refractivity contribution in [2.45, 2.75) is 0 Å². The van der Waals surface area contributed by atoms with E-state index in [0.717, 1.165) is 11.1 Å². The fourth-order valence-electron chi connectivity index (χ4n) is 1.79. The summed E-state index contributed by atoms with van der Waals surface area (Å²) in [5.41, 5.74) is 2.18. The largest absolute Gasteiger partial charge is 0.508 e. The van der Waals surface area contributed by atoms with Gasteiger partial charge in [-0.3, -0.25) is 0 Å². The Bertz CT molecular complexity index is 577. The van der Waals surface area contributed by atoms with Gasteiger partial charge in [-0.05, 0) is 41.0 Å². The van der Waals surface area contributed by atoms with Crippen LogP contribution in [0.3, 0.4) is 0 Å². The Morgan fingerprint density at radius 1 is 0.900 bits per heavy atom. The van der Waals surface area contributed by atoms with E-state index in [2.05, 4.69) is 4.74 Å². The number of hydrogen-bond acceptors (Lipinski definition) is 4. The van der Waals surface area contributed by atoms with Crippen LogP contribution >= 0.6 is 0 Å². The SMILES string of the molecule is COC(=O)C=C(c1ccc(O)cc1)c1ccc(O)cc1. The van der Waals surface area contributed by atoms with Crippen molar-refractivity contribution in [3.63, 3.8) is 0 Å². The molecule has 0 saturated heterocycles. The number of phenolic OH excluding ortho intramolecular Hbond substituents is 2. The third kappa shape index (κ3) is 3.17. The van der Waals surface area contributed by atoms with Crippen molar-refractivity contribution in [1.29, 1.82) is 0 Å². The molecule has 0 atom stereocenters. The molecule has 0 amide bonds. The third-order valence-corrected chi connectivity index (χ3v) is 2.82.